The number of nitrogens with one attached hydrogen (secondary N) is 1. The van der Waals surface area contributed by atoms with Crippen LogP contribution in [0.5, 0.6) is 0 Å². The number of hydrogen-bond donors (Lipinski definition) is 1. The van der Waals surface area contributed by atoms with E-state index in [0.29, 0.717) is 35.5 Å². The van der Waals surface area contributed by atoms with E-state index in [-0.39, 0.29) is 29.8 Å². The van der Waals surface area contributed by atoms with Crippen LogP contribution >= 0.6 is 0 Å². The molecule has 1 aliphatic heterocycles. The number of rotatable bonds is 6. The van der Waals surface area contributed by atoms with Gasteiger partial charge in [0.2, 0.25) is 15.9 Å². The van der Waals surface area contributed by atoms with Crippen molar-refractivity contribution in [2.45, 2.75) is 31.6 Å². The third-order valence-corrected chi connectivity index (χ3v) is 8.37. The number of anilines is 1. The van der Waals surface area contributed by atoms with Crippen LogP contribution in [0.1, 0.15) is 34.6 Å². The molecular weight excluding hydrogens is 468 g/mol. The third-order valence-electron chi connectivity index (χ3n) is 6.22. The predicted molar refractivity (Wildman–Crippen MR) is 131 cm³/mol. The molecule has 0 bridgehead atoms. The van der Waals surface area contributed by atoms with Crippen molar-refractivity contribution in [1.82, 2.24) is 14.1 Å². The molecule has 0 aliphatic carbocycles. The Labute approximate surface area is 204 Å². The lowest BCUT2D eigenvalue weighted by Crippen LogP contribution is -2.41. The summed E-state index contributed by atoms with van der Waals surface area (Å²) in [6.45, 7) is 3.95. The zero-order valence-electron chi connectivity index (χ0n) is 19.9. The minimum absolute atomic E-state index is 0.169. The second-order valence-corrected chi connectivity index (χ2v) is 10.4. The SMILES string of the molecule is COC(=O)c1ccc(NC(=O)C2CCN(S(=O)(=O)c3c(C)nn(-c4ccccc4)c3C)CC2)cc1. The van der Waals surface area contributed by atoms with Crippen molar-refractivity contribution >= 4 is 27.6 Å². The first-order valence-corrected chi connectivity index (χ1v) is 12.8. The molecule has 1 N–H and O–H groups in total. The smallest absolute Gasteiger partial charge is 0.337 e. The minimum Gasteiger partial charge on any atom is -0.465 e. The number of methoxy groups -OCH3 is 1. The summed E-state index contributed by atoms with van der Waals surface area (Å²) in [5.74, 6) is -0.927. The minimum atomic E-state index is -3.76. The molecule has 0 unspecified atom stereocenters. The van der Waals surface area contributed by atoms with Crippen LogP contribution in [-0.2, 0) is 19.6 Å². The van der Waals surface area contributed by atoms with Gasteiger partial charge in [-0.1, -0.05) is 18.2 Å². The van der Waals surface area contributed by atoms with Gasteiger partial charge in [-0.05, 0) is 63.1 Å². The number of esters is 1. The van der Waals surface area contributed by atoms with Gasteiger partial charge in [0.15, 0.2) is 0 Å². The number of carbonyl (C=O) groups is 2. The molecule has 0 radical (unpaired) electrons. The van der Waals surface area contributed by atoms with E-state index in [4.69, 9.17) is 0 Å². The van der Waals surface area contributed by atoms with Crippen LogP contribution in [0.3, 0.4) is 0 Å². The lowest BCUT2D eigenvalue weighted by molar-refractivity contribution is -0.120. The fourth-order valence-electron chi connectivity index (χ4n) is 4.36. The highest BCUT2D eigenvalue weighted by atomic mass is 32.2. The second-order valence-electron chi connectivity index (χ2n) is 8.48. The van der Waals surface area contributed by atoms with Crippen LogP contribution in [0.15, 0.2) is 59.5 Å². The number of aryl methyl sites for hydroxylation is 1. The van der Waals surface area contributed by atoms with Crippen molar-refractivity contribution in [3.63, 3.8) is 0 Å². The molecule has 1 aromatic heterocycles. The molecule has 2 aromatic carbocycles. The number of piperidine rings is 1. The van der Waals surface area contributed by atoms with Gasteiger partial charge in [-0.15, -0.1) is 0 Å². The van der Waals surface area contributed by atoms with Crippen LogP contribution in [-0.4, -0.2) is 54.6 Å². The van der Waals surface area contributed by atoms with Gasteiger partial charge in [-0.2, -0.15) is 9.40 Å². The Morgan fingerprint density at radius 3 is 2.23 bits per heavy atom. The summed E-state index contributed by atoms with van der Waals surface area (Å²) in [7, 11) is -2.45. The molecule has 1 fully saturated rings. The number of ether oxygens (including phenoxy) is 1. The summed E-state index contributed by atoms with van der Waals surface area (Å²) in [4.78, 5) is 24.5. The van der Waals surface area contributed by atoms with Crippen molar-refractivity contribution in [1.29, 1.82) is 0 Å². The number of benzene rings is 2. The number of aromatic nitrogens is 2. The van der Waals surface area contributed by atoms with Gasteiger partial charge in [0.1, 0.15) is 4.90 Å². The number of carbonyl (C=O) groups excluding carboxylic acids is 2. The molecule has 9 nitrogen and oxygen atoms in total. The topological polar surface area (TPSA) is 111 Å². The molecule has 0 atom stereocenters. The quantitative estimate of drug-likeness (QED) is 0.524. The molecule has 2 heterocycles. The summed E-state index contributed by atoms with van der Waals surface area (Å²) in [5, 5.41) is 7.32. The summed E-state index contributed by atoms with van der Waals surface area (Å²) in [5.41, 5.74) is 2.76. The summed E-state index contributed by atoms with van der Waals surface area (Å²) in [6.07, 6.45) is 0.826. The number of hydrogen-bond acceptors (Lipinski definition) is 6. The first kappa shape index (κ1) is 24.6. The summed E-state index contributed by atoms with van der Waals surface area (Å²) < 4.78 is 34.7. The van der Waals surface area contributed by atoms with E-state index < -0.39 is 16.0 Å². The van der Waals surface area contributed by atoms with Gasteiger partial charge in [0.05, 0.1) is 29.7 Å². The maximum Gasteiger partial charge on any atom is 0.337 e. The van der Waals surface area contributed by atoms with Gasteiger partial charge >= 0.3 is 5.97 Å². The molecule has 184 valence electrons. The highest BCUT2D eigenvalue weighted by Gasteiger charge is 2.35. The van der Waals surface area contributed by atoms with Crippen LogP contribution < -0.4 is 5.32 Å². The van der Waals surface area contributed by atoms with E-state index in [1.165, 1.54) is 11.4 Å². The Hall–Kier alpha value is -3.50. The molecule has 10 heteroatoms. The van der Waals surface area contributed by atoms with Crippen LogP contribution in [0.2, 0.25) is 0 Å². The zero-order valence-corrected chi connectivity index (χ0v) is 20.7. The van der Waals surface area contributed by atoms with E-state index in [2.05, 4.69) is 15.2 Å². The van der Waals surface area contributed by atoms with Crippen LogP contribution in [0, 0.1) is 19.8 Å². The van der Waals surface area contributed by atoms with E-state index in [1.54, 1.807) is 42.8 Å². The predicted octanol–water partition coefficient (Wildman–Crippen LogP) is 3.32. The monoisotopic (exact) mass is 496 g/mol. The molecular formula is C25H28N4O5S. The molecule has 3 aromatic rings. The Morgan fingerprint density at radius 1 is 1.00 bits per heavy atom. The maximum absolute atomic E-state index is 13.5. The lowest BCUT2D eigenvalue weighted by atomic mass is 9.97. The largest absolute Gasteiger partial charge is 0.465 e. The van der Waals surface area contributed by atoms with Gasteiger partial charge in [-0.25, -0.2) is 17.9 Å². The molecule has 1 saturated heterocycles. The van der Waals surface area contributed by atoms with Gasteiger partial charge in [-0.3, -0.25) is 4.79 Å². The summed E-state index contributed by atoms with van der Waals surface area (Å²) >= 11 is 0. The Morgan fingerprint density at radius 2 is 1.63 bits per heavy atom. The number of amides is 1. The third kappa shape index (κ3) is 4.98. The molecule has 0 saturated carbocycles. The van der Waals surface area contributed by atoms with Gasteiger partial charge < -0.3 is 10.1 Å². The second kappa shape index (κ2) is 10.0. The lowest BCUT2D eigenvalue weighted by Gasteiger charge is -2.30. The van der Waals surface area contributed by atoms with E-state index in [0.717, 1.165) is 5.69 Å². The Balaban J connectivity index is 1.42. The first-order valence-electron chi connectivity index (χ1n) is 11.3. The van der Waals surface area contributed by atoms with Crippen molar-refractivity contribution in [3.8, 4) is 5.69 Å². The molecule has 1 aliphatic rings. The fourth-order valence-corrected chi connectivity index (χ4v) is 6.19. The van der Waals surface area contributed by atoms with Gasteiger partial charge in [0.25, 0.3) is 0 Å². The van der Waals surface area contributed by atoms with E-state index >= 15 is 0 Å². The average Bonchev–Trinajstić information content (AvgIpc) is 3.18. The van der Waals surface area contributed by atoms with E-state index in [9.17, 15) is 18.0 Å². The van der Waals surface area contributed by atoms with Crippen LogP contribution in [0.4, 0.5) is 5.69 Å². The molecule has 0 spiro atoms. The average molecular weight is 497 g/mol. The first-order chi connectivity index (χ1) is 16.7. The van der Waals surface area contributed by atoms with Crippen molar-refractivity contribution < 1.29 is 22.7 Å². The normalized spacial score (nSPS) is 15.1. The Bertz CT molecular complexity index is 1330. The zero-order chi connectivity index (χ0) is 25.2. The highest BCUT2D eigenvalue weighted by Crippen LogP contribution is 2.29. The number of para-hydroxylation sites is 1. The fraction of sp³-hybridized carbons (Fsp3) is 0.320. The van der Waals surface area contributed by atoms with Crippen molar-refractivity contribution in [3.05, 3.63) is 71.5 Å². The maximum atomic E-state index is 13.5. The van der Waals surface area contributed by atoms with Gasteiger partial charge in [0, 0.05) is 24.7 Å². The number of nitrogens with zero attached hydrogens (tertiary/aromatic N) is 3. The number of sulfonamides is 1. The van der Waals surface area contributed by atoms with E-state index in [1.807, 2.05) is 30.3 Å². The molecule has 35 heavy (non-hydrogen) atoms. The summed E-state index contributed by atoms with van der Waals surface area (Å²) in [6, 6.07) is 15.8. The molecule has 4 rings (SSSR count). The highest BCUT2D eigenvalue weighted by molar-refractivity contribution is 7.89. The Kier molecular flexibility index (Phi) is 7.04. The standard InChI is InChI=1S/C25H28N4O5S/c1-17-23(18(2)29(27-17)22-7-5-4-6-8-22)35(32,33)28-15-13-19(14-16-28)24(30)26-21-11-9-20(10-12-21)25(31)34-3/h4-12,19H,13-16H2,1-3H3,(H,26,30). The van der Waals surface area contributed by atoms with Crippen LogP contribution in [0.25, 0.3) is 5.69 Å². The van der Waals surface area contributed by atoms with Crippen molar-refractivity contribution in [2.24, 2.45) is 5.92 Å². The molecule has 1 amide bonds. The van der Waals surface area contributed by atoms with Crippen molar-refractivity contribution in [2.75, 3.05) is 25.5 Å².